The maximum atomic E-state index is 12.2. The van der Waals surface area contributed by atoms with Gasteiger partial charge in [-0.3, -0.25) is 19.8 Å². The van der Waals surface area contributed by atoms with Crippen LogP contribution in [-0.2, 0) is 0 Å². The molecule has 0 unspecified atom stereocenters. The molecule has 0 fully saturated rings. The number of hydrogen-bond donors (Lipinski definition) is 4. The molecule has 0 aliphatic rings. The number of benzene rings is 1. The average Bonchev–Trinajstić information content (AvgIpc) is 3.05. The van der Waals surface area contributed by atoms with Crippen molar-refractivity contribution in [2.24, 2.45) is 0 Å². The van der Waals surface area contributed by atoms with Gasteiger partial charge in [0.1, 0.15) is 0 Å². The zero-order valence-corrected chi connectivity index (χ0v) is 12.7. The fourth-order valence-corrected chi connectivity index (χ4v) is 2.83. The van der Waals surface area contributed by atoms with Gasteiger partial charge in [0, 0.05) is 17.3 Å². The van der Waals surface area contributed by atoms with Gasteiger partial charge >= 0.3 is 0 Å². The third kappa shape index (κ3) is 2.40. The molecule has 0 radical (unpaired) electrons. The Bertz CT molecular complexity index is 941. The van der Waals surface area contributed by atoms with E-state index in [0.717, 1.165) is 5.56 Å². The van der Waals surface area contributed by atoms with Crippen molar-refractivity contribution in [1.82, 2.24) is 20.4 Å². The van der Waals surface area contributed by atoms with Crippen molar-refractivity contribution < 1.29 is 0 Å². The van der Waals surface area contributed by atoms with Gasteiger partial charge in [0.2, 0.25) is 0 Å². The third-order valence-corrected chi connectivity index (χ3v) is 3.97. The lowest BCUT2D eigenvalue weighted by Gasteiger charge is -2.15. The third-order valence-electron chi connectivity index (χ3n) is 3.97. The van der Waals surface area contributed by atoms with Gasteiger partial charge in [0.25, 0.3) is 11.1 Å². The Hall–Kier alpha value is -3.27. The van der Waals surface area contributed by atoms with Crippen molar-refractivity contribution in [2.75, 3.05) is 0 Å². The van der Waals surface area contributed by atoms with E-state index in [2.05, 4.69) is 26.5 Å². The van der Waals surface area contributed by atoms with E-state index in [9.17, 15) is 9.59 Å². The lowest BCUT2D eigenvalue weighted by Crippen LogP contribution is -2.20. The van der Waals surface area contributed by atoms with E-state index >= 15 is 0 Å². The van der Waals surface area contributed by atoms with Gasteiger partial charge in [-0.1, -0.05) is 12.1 Å². The predicted octanol–water partition coefficient (Wildman–Crippen LogP) is 1.39. The summed E-state index contributed by atoms with van der Waals surface area (Å²) < 4.78 is 0. The van der Waals surface area contributed by atoms with Gasteiger partial charge in [0.15, 0.2) is 0 Å². The van der Waals surface area contributed by atoms with E-state index in [0.29, 0.717) is 28.1 Å². The summed E-state index contributed by atoms with van der Waals surface area (Å²) in [5.41, 5.74) is 3.07. The minimum absolute atomic E-state index is 0.267. The first-order valence-corrected chi connectivity index (χ1v) is 7.07. The molecule has 1 aromatic carbocycles. The summed E-state index contributed by atoms with van der Waals surface area (Å²) >= 11 is 0. The Balaban J connectivity index is 2.29. The maximum absolute atomic E-state index is 12.2. The number of hydrogen-bond acceptors (Lipinski definition) is 3. The molecule has 2 heterocycles. The van der Waals surface area contributed by atoms with Gasteiger partial charge in [-0.15, -0.1) is 0 Å². The summed E-state index contributed by atoms with van der Waals surface area (Å²) in [6.45, 7) is 3.56. The van der Waals surface area contributed by atoms with Gasteiger partial charge in [-0.05, 0) is 31.5 Å². The van der Waals surface area contributed by atoms with Crippen LogP contribution in [-0.4, -0.2) is 20.4 Å². The molecular formula is C16H15N5O2. The molecule has 2 aromatic heterocycles. The summed E-state index contributed by atoms with van der Waals surface area (Å²) in [6, 6.07) is 8.94. The van der Waals surface area contributed by atoms with Crippen molar-refractivity contribution in [1.29, 1.82) is 5.26 Å². The average molecular weight is 309 g/mol. The van der Waals surface area contributed by atoms with E-state index in [1.807, 2.05) is 0 Å². The van der Waals surface area contributed by atoms with E-state index in [1.54, 1.807) is 38.1 Å². The second kappa shape index (κ2) is 5.50. The van der Waals surface area contributed by atoms with Crippen molar-refractivity contribution in [3.05, 3.63) is 78.6 Å². The molecule has 0 saturated carbocycles. The molecule has 0 amide bonds. The molecule has 23 heavy (non-hydrogen) atoms. The molecular weight excluding hydrogens is 294 g/mol. The Morgan fingerprint density at radius 1 is 0.870 bits per heavy atom. The number of aromatic amines is 4. The minimum Gasteiger partial charge on any atom is -0.302 e. The standard InChI is InChI=1S/C16H15N5O2/c1-8-12(15(22)20-18-8)14(13-9(2)19-21-16(13)23)11-5-3-10(7-17)4-6-11/h3-6,14H,1-2H3,(H2,18,20,22)(H2,19,21,23). The summed E-state index contributed by atoms with van der Waals surface area (Å²) in [7, 11) is 0. The molecule has 0 atom stereocenters. The van der Waals surface area contributed by atoms with Crippen LogP contribution in [0.4, 0.5) is 0 Å². The fourth-order valence-electron chi connectivity index (χ4n) is 2.83. The van der Waals surface area contributed by atoms with Crippen LogP contribution in [0, 0.1) is 25.2 Å². The van der Waals surface area contributed by atoms with Crippen LogP contribution >= 0.6 is 0 Å². The van der Waals surface area contributed by atoms with Crippen LogP contribution in [0.2, 0.25) is 0 Å². The highest BCUT2D eigenvalue weighted by Gasteiger charge is 2.27. The molecule has 116 valence electrons. The van der Waals surface area contributed by atoms with Crippen LogP contribution in [0.5, 0.6) is 0 Å². The first-order chi connectivity index (χ1) is 11.0. The molecule has 7 heteroatoms. The summed E-state index contributed by atoms with van der Waals surface area (Å²) in [5, 5.41) is 19.6. The Morgan fingerprint density at radius 2 is 1.35 bits per heavy atom. The van der Waals surface area contributed by atoms with E-state index in [-0.39, 0.29) is 11.1 Å². The number of aryl methyl sites for hydroxylation is 2. The highest BCUT2D eigenvalue weighted by Crippen LogP contribution is 2.30. The van der Waals surface area contributed by atoms with E-state index < -0.39 is 5.92 Å². The molecule has 7 nitrogen and oxygen atoms in total. The van der Waals surface area contributed by atoms with Gasteiger partial charge in [-0.2, -0.15) is 5.26 Å². The molecule has 0 saturated heterocycles. The van der Waals surface area contributed by atoms with Crippen molar-refractivity contribution in [3.8, 4) is 6.07 Å². The smallest absolute Gasteiger partial charge is 0.268 e. The molecule has 0 spiro atoms. The largest absolute Gasteiger partial charge is 0.302 e. The lowest BCUT2D eigenvalue weighted by molar-refractivity contribution is 0.931. The van der Waals surface area contributed by atoms with Gasteiger partial charge in [0.05, 0.1) is 22.8 Å². The minimum atomic E-state index is -0.521. The molecule has 3 rings (SSSR count). The Kier molecular flexibility index (Phi) is 3.50. The predicted molar refractivity (Wildman–Crippen MR) is 84.4 cm³/mol. The van der Waals surface area contributed by atoms with Crippen molar-refractivity contribution >= 4 is 0 Å². The maximum Gasteiger partial charge on any atom is 0.268 e. The van der Waals surface area contributed by atoms with Crippen LogP contribution in [0.15, 0.2) is 33.9 Å². The van der Waals surface area contributed by atoms with Crippen LogP contribution in [0.1, 0.15) is 39.6 Å². The van der Waals surface area contributed by atoms with Gasteiger partial charge in [-0.25, -0.2) is 0 Å². The zero-order valence-electron chi connectivity index (χ0n) is 12.7. The highest BCUT2D eigenvalue weighted by atomic mass is 16.1. The zero-order chi connectivity index (χ0) is 16.6. The molecule has 0 aliphatic heterocycles. The number of rotatable bonds is 3. The monoisotopic (exact) mass is 309 g/mol. The summed E-state index contributed by atoms with van der Waals surface area (Å²) in [5.74, 6) is -0.521. The normalized spacial score (nSPS) is 10.9. The van der Waals surface area contributed by atoms with Crippen LogP contribution < -0.4 is 11.1 Å². The fraction of sp³-hybridized carbons (Fsp3) is 0.188. The number of nitrogens with one attached hydrogen (secondary N) is 4. The number of aromatic nitrogens is 4. The summed E-state index contributed by atoms with van der Waals surface area (Å²) in [4.78, 5) is 24.5. The quantitative estimate of drug-likeness (QED) is 0.585. The second-order valence-electron chi connectivity index (χ2n) is 5.40. The van der Waals surface area contributed by atoms with Crippen molar-refractivity contribution in [3.63, 3.8) is 0 Å². The van der Waals surface area contributed by atoms with Crippen LogP contribution in [0.25, 0.3) is 0 Å². The molecule has 0 aliphatic carbocycles. The van der Waals surface area contributed by atoms with Crippen molar-refractivity contribution in [2.45, 2.75) is 19.8 Å². The van der Waals surface area contributed by atoms with Crippen LogP contribution in [0.3, 0.4) is 0 Å². The lowest BCUT2D eigenvalue weighted by atomic mass is 9.85. The number of H-pyrrole nitrogens is 4. The van der Waals surface area contributed by atoms with Gasteiger partial charge < -0.3 is 10.2 Å². The Morgan fingerprint density at radius 3 is 1.70 bits per heavy atom. The number of nitrogens with zero attached hydrogens (tertiary/aromatic N) is 1. The summed E-state index contributed by atoms with van der Waals surface area (Å²) in [6.07, 6.45) is 0. The first kappa shape index (κ1) is 14.7. The Labute approximate surface area is 131 Å². The number of nitriles is 1. The highest BCUT2D eigenvalue weighted by molar-refractivity contribution is 5.46. The SMILES string of the molecule is Cc1[nH][nH]c(=O)c1C(c1ccc(C#N)cc1)c1c(C)[nH][nH]c1=O. The second-order valence-corrected chi connectivity index (χ2v) is 5.40. The topological polar surface area (TPSA) is 121 Å². The molecule has 3 aromatic rings. The van der Waals surface area contributed by atoms with E-state index in [1.165, 1.54) is 0 Å². The first-order valence-electron chi connectivity index (χ1n) is 7.07. The van der Waals surface area contributed by atoms with E-state index in [4.69, 9.17) is 5.26 Å². The molecule has 4 N–H and O–H groups in total. The molecule has 0 bridgehead atoms.